The minimum Gasteiger partial charge on any atom is -0.507 e. The fourth-order valence-electron chi connectivity index (χ4n) is 0.894. The number of halogens is 2. The molecule has 4 nitrogen and oxygen atoms in total. The molecule has 0 aromatic heterocycles. The summed E-state index contributed by atoms with van der Waals surface area (Å²) in [6, 6.07) is 2.88. The molecule has 0 bridgehead atoms. The number of aromatic hydroxyl groups is 1. The molecule has 76 valence electrons. The van der Waals surface area contributed by atoms with E-state index >= 15 is 0 Å². The van der Waals surface area contributed by atoms with Crippen molar-refractivity contribution in [1.82, 2.24) is 0 Å². The largest absolute Gasteiger partial charge is 0.507 e. The van der Waals surface area contributed by atoms with Gasteiger partial charge in [-0.2, -0.15) is 0 Å². The number of aliphatic hydroxyl groups excluding tert-OH is 1. The monoisotopic (exact) mass is 420 g/mol. The van der Waals surface area contributed by atoms with Crippen LogP contribution in [-0.4, -0.2) is 21.3 Å². The summed E-state index contributed by atoms with van der Waals surface area (Å²) >= 11 is 3.73. The maximum absolute atomic E-state index is 10.5. The molecule has 0 amide bonds. The maximum Gasteiger partial charge on any atom is 0.337 e. The predicted octanol–water partition coefficient (Wildman–Crippen LogP) is 1.72. The van der Waals surface area contributed by atoms with E-state index in [1.165, 1.54) is 12.1 Å². The number of benzene rings is 1. The Morgan fingerprint density at radius 2 is 1.86 bits per heavy atom. The highest BCUT2D eigenvalue weighted by molar-refractivity contribution is 14.1. The van der Waals surface area contributed by atoms with Crippen LogP contribution in [0.2, 0.25) is 0 Å². The lowest BCUT2D eigenvalue weighted by atomic mass is 10.1. The second-order valence-corrected chi connectivity index (χ2v) is 4.89. The second-order valence-electron chi connectivity index (χ2n) is 2.57. The van der Waals surface area contributed by atoms with Crippen molar-refractivity contribution >= 4 is 51.2 Å². The lowest BCUT2D eigenvalue weighted by molar-refractivity contribution is -0.147. The van der Waals surface area contributed by atoms with Gasteiger partial charge in [0.1, 0.15) is 5.75 Å². The topological polar surface area (TPSA) is 77.8 Å². The van der Waals surface area contributed by atoms with Crippen molar-refractivity contribution in [2.24, 2.45) is 0 Å². The fourth-order valence-corrected chi connectivity index (χ4v) is 2.13. The third-order valence-corrected chi connectivity index (χ3v) is 3.39. The molecule has 0 heterocycles. The lowest BCUT2D eigenvalue weighted by Gasteiger charge is -2.09. The molecule has 0 aliphatic rings. The molecule has 0 aliphatic heterocycles. The summed E-state index contributed by atoms with van der Waals surface area (Å²) in [6.45, 7) is 0. The summed E-state index contributed by atoms with van der Waals surface area (Å²) < 4.78 is 1.04. The quantitative estimate of drug-likeness (QED) is 0.638. The van der Waals surface area contributed by atoms with Gasteiger partial charge in [0.15, 0.2) is 6.10 Å². The molecule has 0 radical (unpaired) electrons. The highest BCUT2D eigenvalue weighted by Gasteiger charge is 2.20. The number of phenolic OH excluding ortho intramolecular Hbond substituents is 1. The van der Waals surface area contributed by atoms with Crippen LogP contribution in [0.5, 0.6) is 5.75 Å². The normalized spacial score (nSPS) is 12.5. The SMILES string of the molecule is O=C(O)C(O)c1cc(I)c(O)cc1I. The first-order valence-electron chi connectivity index (χ1n) is 3.52. The number of carbonyl (C=O) groups is 1. The predicted molar refractivity (Wildman–Crippen MR) is 66.1 cm³/mol. The number of carboxylic acids is 1. The Labute approximate surface area is 107 Å². The first-order chi connectivity index (χ1) is 6.43. The minimum absolute atomic E-state index is 0.0799. The van der Waals surface area contributed by atoms with Crippen molar-refractivity contribution in [3.63, 3.8) is 0 Å². The van der Waals surface area contributed by atoms with E-state index < -0.39 is 12.1 Å². The van der Waals surface area contributed by atoms with Crippen LogP contribution in [0.1, 0.15) is 11.7 Å². The number of aliphatic carboxylic acids is 1. The number of rotatable bonds is 2. The number of hydrogen-bond donors (Lipinski definition) is 3. The van der Waals surface area contributed by atoms with Crippen LogP contribution in [0.3, 0.4) is 0 Å². The van der Waals surface area contributed by atoms with Gasteiger partial charge in [-0.1, -0.05) is 0 Å². The zero-order valence-electron chi connectivity index (χ0n) is 6.74. The zero-order chi connectivity index (χ0) is 10.9. The molecule has 1 aromatic rings. The molecule has 0 saturated heterocycles. The van der Waals surface area contributed by atoms with Crippen LogP contribution < -0.4 is 0 Å². The molecule has 3 N–H and O–H groups in total. The van der Waals surface area contributed by atoms with E-state index in [9.17, 15) is 15.0 Å². The summed E-state index contributed by atoms with van der Waals surface area (Å²) in [5, 5.41) is 27.2. The number of carboxylic acid groups (broad SMARTS) is 1. The molecule has 1 unspecified atom stereocenters. The minimum atomic E-state index is -1.55. The average molecular weight is 420 g/mol. The first-order valence-corrected chi connectivity index (χ1v) is 5.68. The molecular formula is C8H6I2O4. The van der Waals surface area contributed by atoms with Crippen LogP contribution in [0, 0.1) is 7.14 Å². The second kappa shape index (κ2) is 4.62. The number of phenols is 1. The lowest BCUT2D eigenvalue weighted by Crippen LogP contribution is -2.12. The van der Waals surface area contributed by atoms with Crippen LogP contribution in [0.15, 0.2) is 12.1 Å². The average Bonchev–Trinajstić information content (AvgIpc) is 2.10. The van der Waals surface area contributed by atoms with Gasteiger partial charge in [0.2, 0.25) is 0 Å². The summed E-state index contributed by atoms with van der Waals surface area (Å²) in [4.78, 5) is 10.5. The molecule has 6 heteroatoms. The summed E-state index contributed by atoms with van der Waals surface area (Å²) in [7, 11) is 0. The summed E-state index contributed by atoms with van der Waals surface area (Å²) in [5.41, 5.74) is 0.292. The van der Waals surface area contributed by atoms with Crippen molar-refractivity contribution in [3.8, 4) is 5.75 Å². The molecule has 0 fully saturated rings. The Morgan fingerprint density at radius 1 is 1.29 bits per heavy atom. The summed E-state index contributed by atoms with van der Waals surface area (Å²) in [6.07, 6.45) is -1.55. The Hall–Kier alpha value is -0.0900. The standard InChI is InChI=1S/C8H6I2O4/c9-4-2-6(11)5(10)1-3(4)7(12)8(13)14/h1-2,7,11-12H,(H,13,14). The third kappa shape index (κ3) is 2.48. The molecule has 1 aromatic carbocycles. The van der Waals surface area contributed by atoms with Crippen molar-refractivity contribution in [2.75, 3.05) is 0 Å². The van der Waals surface area contributed by atoms with Gasteiger partial charge in [0.05, 0.1) is 3.57 Å². The van der Waals surface area contributed by atoms with Gasteiger partial charge in [0.25, 0.3) is 0 Å². The van der Waals surface area contributed by atoms with E-state index in [0.717, 1.165) is 0 Å². The summed E-state index contributed by atoms with van der Waals surface area (Å²) in [5.74, 6) is -1.22. The van der Waals surface area contributed by atoms with E-state index in [-0.39, 0.29) is 5.75 Å². The molecule has 14 heavy (non-hydrogen) atoms. The van der Waals surface area contributed by atoms with Gasteiger partial charge >= 0.3 is 5.97 Å². The van der Waals surface area contributed by atoms with Gasteiger partial charge in [-0.15, -0.1) is 0 Å². The molecule has 0 saturated carbocycles. The van der Waals surface area contributed by atoms with E-state index in [1.807, 2.05) is 45.2 Å². The van der Waals surface area contributed by atoms with Gasteiger partial charge in [-0.3, -0.25) is 0 Å². The van der Waals surface area contributed by atoms with E-state index in [2.05, 4.69) is 0 Å². The molecule has 0 spiro atoms. The van der Waals surface area contributed by atoms with Crippen LogP contribution in [0.4, 0.5) is 0 Å². The van der Waals surface area contributed by atoms with Crippen molar-refractivity contribution in [1.29, 1.82) is 0 Å². The Bertz CT molecular complexity index is 378. The molecular weight excluding hydrogens is 414 g/mol. The smallest absolute Gasteiger partial charge is 0.337 e. The van der Waals surface area contributed by atoms with Gasteiger partial charge in [0, 0.05) is 9.13 Å². The first kappa shape index (κ1) is 12.0. The number of aliphatic hydroxyl groups is 1. The molecule has 1 rings (SSSR count). The van der Waals surface area contributed by atoms with Crippen LogP contribution in [-0.2, 0) is 4.79 Å². The van der Waals surface area contributed by atoms with Crippen molar-refractivity contribution in [2.45, 2.75) is 6.10 Å². The third-order valence-electron chi connectivity index (χ3n) is 1.59. The number of hydrogen-bond acceptors (Lipinski definition) is 3. The molecule has 1 atom stereocenters. The van der Waals surface area contributed by atoms with E-state index in [1.54, 1.807) is 0 Å². The highest BCUT2D eigenvalue weighted by atomic mass is 127. The van der Waals surface area contributed by atoms with Gasteiger partial charge in [-0.25, -0.2) is 4.79 Å². The molecule has 0 aliphatic carbocycles. The highest BCUT2D eigenvalue weighted by Crippen LogP contribution is 2.28. The van der Waals surface area contributed by atoms with Crippen molar-refractivity contribution < 1.29 is 20.1 Å². The fraction of sp³-hybridized carbons (Fsp3) is 0.125. The van der Waals surface area contributed by atoms with Gasteiger partial charge in [-0.05, 0) is 57.3 Å². The van der Waals surface area contributed by atoms with Gasteiger partial charge < -0.3 is 15.3 Å². The Morgan fingerprint density at radius 3 is 2.36 bits per heavy atom. The maximum atomic E-state index is 10.5. The van der Waals surface area contributed by atoms with Crippen molar-refractivity contribution in [3.05, 3.63) is 24.8 Å². The Balaban J connectivity index is 3.22. The van der Waals surface area contributed by atoms with E-state index in [0.29, 0.717) is 12.7 Å². The van der Waals surface area contributed by atoms with E-state index in [4.69, 9.17) is 5.11 Å². The Kier molecular flexibility index (Phi) is 3.95. The van der Waals surface area contributed by atoms with Crippen LogP contribution >= 0.6 is 45.2 Å². The zero-order valence-corrected chi connectivity index (χ0v) is 11.1. The van der Waals surface area contributed by atoms with Crippen LogP contribution in [0.25, 0.3) is 0 Å².